The SMILES string of the molecule is Cc1ccsc1C(=O)N1CCCCC1C(N)=S. The van der Waals surface area contributed by atoms with E-state index in [2.05, 4.69) is 0 Å². The molecule has 2 rings (SSSR count). The van der Waals surface area contributed by atoms with Crippen molar-refractivity contribution in [1.29, 1.82) is 0 Å². The lowest BCUT2D eigenvalue weighted by atomic mass is 10.0. The van der Waals surface area contributed by atoms with Gasteiger partial charge in [0.2, 0.25) is 0 Å². The molecule has 1 aromatic rings. The van der Waals surface area contributed by atoms with Gasteiger partial charge in [-0.3, -0.25) is 4.79 Å². The highest BCUT2D eigenvalue weighted by molar-refractivity contribution is 7.80. The van der Waals surface area contributed by atoms with Crippen LogP contribution >= 0.6 is 23.6 Å². The highest BCUT2D eigenvalue weighted by Crippen LogP contribution is 2.24. The molecular weight excluding hydrogens is 252 g/mol. The van der Waals surface area contributed by atoms with Crippen molar-refractivity contribution in [1.82, 2.24) is 4.90 Å². The van der Waals surface area contributed by atoms with Gasteiger partial charge in [-0.15, -0.1) is 11.3 Å². The van der Waals surface area contributed by atoms with Gasteiger partial charge in [0.1, 0.15) is 0 Å². The number of carbonyl (C=O) groups excluding carboxylic acids is 1. The van der Waals surface area contributed by atoms with E-state index in [1.54, 1.807) is 0 Å². The van der Waals surface area contributed by atoms with Gasteiger partial charge in [0, 0.05) is 6.54 Å². The number of thiocarbonyl (C=S) groups is 1. The van der Waals surface area contributed by atoms with Crippen LogP contribution in [0.2, 0.25) is 0 Å². The van der Waals surface area contributed by atoms with Crippen LogP contribution in [0.4, 0.5) is 0 Å². The molecule has 1 aromatic heterocycles. The lowest BCUT2D eigenvalue weighted by Gasteiger charge is -2.34. The molecule has 1 fully saturated rings. The number of aryl methyl sites for hydroxylation is 1. The number of rotatable bonds is 2. The Kier molecular flexibility index (Phi) is 3.79. The number of nitrogens with zero attached hydrogens (tertiary/aromatic N) is 1. The van der Waals surface area contributed by atoms with Crippen LogP contribution < -0.4 is 5.73 Å². The summed E-state index contributed by atoms with van der Waals surface area (Å²) < 4.78 is 0. The Morgan fingerprint density at radius 3 is 2.94 bits per heavy atom. The van der Waals surface area contributed by atoms with E-state index in [1.165, 1.54) is 11.3 Å². The van der Waals surface area contributed by atoms with Crippen molar-refractivity contribution in [2.75, 3.05) is 6.54 Å². The molecule has 1 atom stereocenters. The molecule has 0 aliphatic carbocycles. The molecule has 0 spiro atoms. The van der Waals surface area contributed by atoms with Crippen LogP contribution in [0.15, 0.2) is 11.4 Å². The lowest BCUT2D eigenvalue weighted by Crippen LogP contribution is -2.49. The minimum atomic E-state index is -0.0623. The molecule has 1 unspecified atom stereocenters. The maximum Gasteiger partial charge on any atom is 0.264 e. The minimum Gasteiger partial charge on any atom is -0.392 e. The van der Waals surface area contributed by atoms with Crippen LogP contribution in [-0.4, -0.2) is 28.4 Å². The topological polar surface area (TPSA) is 46.3 Å². The van der Waals surface area contributed by atoms with E-state index in [9.17, 15) is 4.79 Å². The first kappa shape index (κ1) is 12.5. The predicted octanol–water partition coefficient (Wildman–Crippen LogP) is 2.34. The van der Waals surface area contributed by atoms with Gasteiger partial charge in [-0.1, -0.05) is 12.2 Å². The van der Waals surface area contributed by atoms with Crippen molar-refractivity contribution in [3.63, 3.8) is 0 Å². The van der Waals surface area contributed by atoms with Crippen molar-refractivity contribution >= 4 is 34.5 Å². The van der Waals surface area contributed by atoms with Crippen molar-refractivity contribution in [2.24, 2.45) is 5.73 Å². The maximum atomic E-state index is 12.4. The van der Waals surface area contributed by atoms with Crippen molar-refractivity contribution in [3.8, 4) is 0 Å². The Balaban J connectivity index is 2.23. The number of likely N-dealkylation sites (tertiary alicyclic amines) is 1. The summed E-state index contributed by atoms with van der Waals surface area (Å²) in [6.07, 6.45) is 3.02. The zero-order valence-electron chi connectivity index (χ0n) is 9.81. The molecule has 5 heteroatoms. The fourth-order valence-electron chi connectivity index (χ4n) is 2.19. The summed E-state index contributed by atoms with van der Waals surface area (Å²) in [4.78, 5) is 15.5. The highest BCUT2D eigenvalue weighted by Gasteiger charge is 2.30. The average Bonchev–Trinajstić information content (AvgIpc) is 2.74. The monoisotopic (exact) mass is 268 g/mol. The number of nitrogens with two attached hydrogens (primary N) is 1. The molecule has 0 aromatic carbocycles. The summed E-state index contributed by atoms with van der Waals surface area (Å²) in [6, 6.07) is 1.91. The van der Waals surface area contributed by atoms with Crippen LogP contribution in [0.5, 0.6) is 0 Å². The summed E-state index contributed by atoms with van der Waals surface area (Å²) in [5.74, 6) is 0.0787. The first-order valence-corrected chi connectivity index (χ1v) is 7.04. The number of hydrogen-bond acceptors (Lipinski definition) is 3. The third-order valence-electron chi connectivity index (χ3n) is 3.15. The van der Waals surface area contributed by atoms with Gasteiger partial charge in [0.05, 0.1) is 15.9 Å². The van der Waals surface area contributed by atoms with Crippen LogP contribution in [0.3, 0.4) is 0 Å². The first-order valence-electron chi connectivity index (χ1n) is 5.75. The fourth-order valence-corrected chi connectivity index (χ4v) is 3.32. The molecule has 92 valence electrons. The summed E-state index contributed by atoms with van der Waals surface area (Å²) in [5.41, 5.74) is 6.76. The quantitative estimate of drug-likeness (QED) is 0.837. The summed E-state index contributed by atoms with van der Waals surface area (Å²) in [5, 5.41) is 1.95. The van der Waals surface area contributed by atoms with Crippen molar-refractivity contribution < 1.29 is 4.79 Å². The van der Waals surface area contributed by atoms with Crippen molar-refractivity contribution in [2.45, 2.75) is 32.2 Å². The Bertz CT molecular complexity index is 441. The van der Waals surface area contributed by atoms with E-state index in [4.69, 9.17) is 18.0 Å². The second kappa shape index (κ2) is 5.14. The van der Waals surface area contributed by atoms with Gasteiger partial charge in [0.15, 0.2) is 0 Å². The Morgan fingerprint density at radius 1 is 1.59 bits per heavy atom. The van der Waals surface area contributed by atoms with Gasteiger partial charge >= 0.3 is 0 Å². The van der Waals surface area contributed by atoms with E-state index in [0.717, 1.165) is 36.2 Å². The third-order valence-corrected chi connectivity index (χ3v) is 4.42. The molecule has 2 heterocycles. The molecule has 1 saturated heterocycles. The zero-order valence-corrected chi connectivity index (χ0v) is 11.4. The number of carbonyl (C=O) groups is 1. The molecule has 0 bridgehead atoms. The number of hydrogen-bond donors (Lipinski definition) is 1. The van der Waals surface area contributed by atoms with Crippen LogP contribution in [0.25, 0.3) is 0 Å². The number of amides is 1. The van der Waals surface area contributed by atoms with Gasteiger partial charge in [-0.2, -0.15) is 0 Å². The van der Waals surface area contributed by atoms with Gasteiger partial charge < -0.3 is 10.6 Å². The van der Waals surface area contributed by atoms with Crippen LogP contribution in [-0.2, 0) is 0 Å². The molecule has 1 aliphatic rings. The molecule has 17 heavy (non-hydrogen) atoms. The molecule has 0 radical (unpaired) electrons. The second-order valence-corrected chi connectivity index (χ2v) is 5.73. The average molecular weight is 268 g/mol. The van der Waals surface area contributed by atoms with E-state index >= 15 is 0 Å². The summed E-state index contributed by atoms with van der Waals surface area (Å²) >= 11 is 6.55. The number of thiophene rings is 1. The minimum absolute atomic E-state index is 0.0623. The Labute approximate surface area is 111 Å². The van der Waals surface area contributed by atoms with E-state index in [-0.39, 0.29) is 11.9 Å². The lowest BCUT2D eigenvalue weighted by molar-refractivity contribution is 0.0686. The Hall–Kier alpha value is -0.940. The van der Waals surface area contributed by atoms with Gasteiger partial charge in [-0.05, 0) is 43.2 Å². The Morgan fingerprint density at radius 2 is 2.35 bits per heavy atom. The van der Waals surface area contributed by atoms with Crippen LogP contribution in [0.1, 0.15) is 34.5 Å². The normalized spacial score (nSPS) is 20.3. The predicted molar refractivity (Wildman–Crippen MR) is 74.5 cm³/mol. The smallest absolute Gasteiger partial charge is 0.264 e. The standard InChI is InChI=1S/C12H16N2OS2/c1-8-5-7-17-10(8)12(15)14-6-3-2-4-9(14)11(13)16/h5,7,9H,2-4,6H2,1H3,(H2,13,16). The van der Waals surface area contributed by atoms with E-state index in [0.29, 0.717) is 4.99 Å². The third kappa shape index (κ3) is 2.50. The highest BCUT2D eigenvalue weighted by atomic mass is 32.1. The molecule has 1 aliphatic heterocycles. The second-order valence-electron chi connectivity index (χ2n) is 4.35. The fraction of sp³-hybridized carbons (Fsp3) is 0.500. The molecule has 2 N–H and O–H groups in total. The molecule has 3 nitrogen and oxygen atoms in total. The van der Waals surface area contributed by atoms with E-state index < -0.39 is 0 Å². The zero-order chi connectivity index (χ0) is 12.4. The summed E-state index contributed by atoms with van der Waals surface area (Å²) in [6.45, 7) is 2.72. The molecular formula is C12H16N2OS2. The molecule has 1 amide bonds. The molecule has 0 saturated carbocycles. The summed E-state index contributed by atoms with van der Waals surface area (Å²) in [7, 11) is 0. The van der Waals surface area contributed by atoms with Crippen molar-refractivity contribution in [3.05, 3.63) is 21.9 Å². The van der Waals surface area contributed by atoms with E-state index in [1.807, 2.05) is 23.3 Å². The van der Waals surface area contributed by atoms with Gasteiger partial charge in [-0.25, -0.2) is 0 Å². The first-order chi connectivity index (χ1) is 8.11. The van der Waals surface area contributed by atoms with Gasteiger partial charge in [0.25, 0.3) is 5.91 Å². The largest absolute Gasteiger partial charge is 0.392 e. The van der Waals surface area contributed by atoms with Crippen LogP contribution in [0, 0.1) is 6.92 Å². The maximum absolute atomic E-state index is 12.4. The number of piperidine rings is 1.